The molecule has 0 fully saturated rings. The fraction of sp³-hybridized carbons (Fsp3) is 0.278. The maximum Gasteiger partial charge on any atom is 0.462 e. The van der Waals surface area contributed by atoms with E-state index in [2.05, 4.69) is 5.10 Å². The summed E-state index contributed by atoms with van der Waals surface area (Å²) >= 11 is 1.79. The molecule has 0 atom stereocenters. The smallest absolute Gasteiger partial charge is 0.462 e. The highest BCUT2D eigenvalue weighted by molar-refractivity contribution is 14.1. The molecular weight excluding hydrogens is 582 g/mol. The van der Waals surface area contributed by atoms with Crippen LogP contribution >= 0.6 is 22.6 Å². The number of hydrogen-bond acceptors (Lipinski definition) is 6. The van der Waals surface area contributed by atoms with Crippen LogP contribution in [0, 0.1) is 13.7 Å². The number of nitro groups is 1. The molecule has 0 aromatic heterocycles. The summed E-state index contributed by atoms with van der Waals surface area (Å²) in [6, 6.07) is 2.37. The van der Waals surface area contributed by atoms with Gasteiger partial charge in [0.05, 0.1) is 21.8 Å². The summed E-state index contributed by atoms with van der Waals surface area (Å²) < 4.78 is 99.8. The van der Waals surface area contributed by atoms with Crippen molar-refractivity contribution in [2.45, 2.75) is 24.8 Å². The normalized spacial score (nSPS) is 12.6. The van der Waals surface area contributed by atoms with Gasteiger partial charge in [-0.2, -0.15) is 35.8 Å². The molecule has 2 aromatic rings. The predicted octanol–water partition coefficient (Wildman–Crippen LogP) is 5.50. The zero-order chi connectivity index (χ0) is 25.0. The Kier molecular flexibility index (Phi) is 7.97. The molecule has 2 rings (SSSR count). The highest BCUT2D eigenvalue weighted by Gasteiger charge is 2.73. The van der Waals surface area contributed by atoms with E-state index in [-0.39, 0.29) is 29.4 Å². The minimum atomic E-state index is -6.49. The first-order valence-electron chi connectivity index (χ1n) is 8.56. The molecule has 0 heterocycles. The number of nitro benzene ring substituents is 1. The molecular formula is C18H13F7IN3O4. The Balaban J connectivity index is 2.15. The van der Waals surface area contributed by atoms with E-state index in [1.807, 2.05) is 0 Å². The largest absolute Gasteiger partial charge is 0.493 e. The van der Waals surface area contributed by atoms with Gasteiger partial charge >= 0.3 is 18.1 Å². The number of methoxy groups -OCH3 is 1. The first kappa shape index (κ1) is 26.4. The van der Waals surface area contributed by atoms with E-state index >= 15 is 0 Å². The van der Waals surface area contributed by atoms with Crippen molar-refractivity contribution in [3.63, 3.8) is 0 Å². The van der Waals surface area contributed by atoms with Crippen LogP contribution in [0.4, 0.5) is 36.4 Å². The number of nitrogens with one attached hydrogen (secondary N) is 1. The van der Waals surface area contributed by atoms with E-state index in [0.29, 0.717) is 20.8 Å². The van der Waals surface area contributed by atoms with Crippen molar-refractivity contribution < 1.29 is 45.1 Å². The molecule has 0 aliphatic carbocycles. The summed E-state index contributed by atoms with van der Waals surface area (Å²) in [4.78, 5) is 10.1. The number of halogens is 8. The third kappa shape index (κ3) is 6.14. The minimum Gasteiger partial charge on any atom is -0.493 e. The lowest BCUT2D eigenvalue weighted by atomic mass is 10.2. The highest BCUT2D eigenvalue weighted by Crippen LogP contribution is 2.45. The number of nitrogens with zero attached hydrogens (tertiary/aromatic N) is 2. The van der Waals surface area contributed by atoms with Gasteiger partial charge < -0.3 is 9.47 Å². The number of rotatable bonds is 9. The molecule has 0 spiro atoms. The third-order valence-corrected chi connectivity index (χ3v) is 4.75. The summed E-state index contributed by atoms with van der Waals surface area (Å²) in [6.07, 6.45) is -5.88. The second-order valence-corrected chi connectivity index (χ2v) is 7.43. The summed E-state index contributed by atoms with van der Waals surface area (Å²) in [6.45, 7) is -0.0158. The quantitative estimate of drug-likeness (QED) is 0.103. The molecule has 0 saturated heterocycles. The minimum absolute atomic E-state index is 0.0158. The molecule has 7 nitrogen and oxygen atoms in total. The van der Waals surface area contributed by atoms with Crippen molar-refractivity contribution >= 4 is 34.5 Å². The Bertz CT molecular complexity index is 1030. The number of non-ortho nitro benzene ring substituents is 1. The Hall–Kier alpha value is -2.85. The molecule has 180 valence electrons. The van der Waals surface area contributed by atoms with Crippen LogP contribution in [0.5, 0.6) is 11.5 Å². The summed E-state index contributed by atoms with van der Waals surface area (Å²) in [5.41, 5.74) is 1.03. The van der Waals surface area contributed by atoms with E-state index in [4.69, 9.17) is 9.47 Å². The molecule has 1 N–H and O–H groups in total. The summed E-state index contributed by atoms with van der Waals surface area (Å²) in [5.74, 6) is -6.06. The van der Waals surface area contributed by atoms with E-state index in [9.17, 15) is 40.8 Å². The molecule has 0 aliphatic heterocycles. The van der Waals surface area contributed by atoms with Gasteiger partial charge in [0.2, 0.25) is 0 Å². The lowest BCUT2D eigenvalue weighted by Gasteiger charge is -2.27. The average molecular weight is 595 g/mol. The van der Waals surface area contributed by atoms with E-state index in [1.165, 1.54) is 43.5 Å². The average Bonchev–Trinajstić information content (AvgIpc) is 2.71. The predicted molar refractivity (Wildman–Crippen MR) is 110 cm³/mol. The summed E-state index contributed by atoms with van der Waals surface area (Å²) in [5, 5.41) is 13.5. The van der Waals surface area contributed by atoms with Crippen molar-refractivity contribution in [2.75, 3.05) is 7.11 Å². The molecule has 0 aliphatic rings. The molecule has 0 saturated carbocycles. The van der Waals surface area contributed by atoms with Crippen LogP contribution in [0.1, 0.15) is 11.1 Å². The van der Waals surface area contributed by atoms with Gasteiger partial charge in [0.1, 0.15) is 6.61 Å². The lowest BCUT2D eigenvalue weighted by Crippen LogP contribution is -2.58. The second-order valence-electron chi connectivity index (χ2n) is 6.26. The van der Waals surface area contributed by atoms with Crippen molar-refractivity contribution in [1.29, 1.82) is 0 Å². The van der Waals surface area contributed by atoms with Crippen LogP contribution in [-0.4, -0.2) is 36.4 Å². The first-order valence-corrected chi connectivity index (χ1v) is 9.63. The molecule has 0 amide bonds. The van der Waals surface area contributed by atoms with Gasteiger partial charge in [-0.15, -0.1) is 0 Å². The molecule has 15 heteroatoms. The number of alkyl halides is 7. The fourth-order valence-electron chi connectivity index (χ4n) is 2.26. The Morgan fingerprint density at radius 2 is 1.73 bits per heavy atom. The van der Waals surface area contributed by atoms with Crippen LogP contribution in [0.3, 0.4) is 0 Å². The van der Waals surface area contributed by atoms with Crippen LogP contribution in [0.25, 0.3) is 0 Å². The van der Waals surface area contributed by atoms with Crippen LogP contribution in [0.2, 0.25) is 0 Å². The third-order valence-electron chi connectivity index (χ3n) is 3.95. The molecule has 33 heavy (non-hydrogen) atoms. The van der Waals surface area contributed by atoms with Crippen molar-refractivity contribution in [3.05, 3.63) is 61.2 Å². The fourth-order valence-corrected chi connectivity index (χ4v) is 3.04. The van der Waals surface area contributed by atoms with Gasteiger partial charge in [0.25, 0.3) is 5.69 Å². The van der Waals surface area contributed by atoms with Gasteiger partial charge in [-0.1, -0.05) is 0 Å². The van der Waals surface area contributed by atoms with Gasteiger partial charge in [-0.3, -0.25) is 10.1 Å². The number of hydrogen-bond donors (Lipinski definition) is 1. The SMILES string of the molecule is COc1cc(/C=N/NC(F)(F)C(F)(F)C(F)(F)F)cc(I)c1OCc1ccc([N+](=O)[O-])cc1. The number of hydrazone groups is 1. The second kappa shape index (κ2) is 9.96. The standard InChI is InChI=1S/C18H13F7IN3O4/c1-32-14-7-11(8-27-28-18(24,25)16(19,20)17(21,22)23)6-13(26)15(14)33-9-10-2-4-12(5-3-10)29(30)31/h2-8,28H,9H2,1H3/b27-8+. The summed E-state index contributed by atoms with van der Waals surface area (Å²) in [7, 11) is 1.25. The first-order chi connectivity index (χ1) is 15.2. The van der Waals surface area contributed by atoms with Crippen LogP contribution in [0.15, 0.2) is 41.5 Å². The molecule has 0 unspecified atom stereocenters. The maximum atomic E-state index is 13.2. The maximum absolute atomic E-state index is 13.2. The topological polar surface area (TPSA) is 86.0 Å². The van der Waals surface area contributed by atoms with Gasteiger partial charge in [-0.05, 0) is 58.0 Å². The van der Waals surface area contributed by atoms with Gasteiger partial charge in [-0.25, -0.2) is 5.43 Å². The van der Waals surface area contributed by atoms with Gasteiger partial charge in [0.15, 0.2) is 11.5 Å². The Morgan fingerprint density at radius 1 is 1.12 bits per heavy atom. The van der Waals surface area contributed by atoms with Crippen LogP contribution in [-0.2, 0) is 6.61 Å². The monoisotopic (exact) mass is 595 g/mol. The van der Waals surface area contributed by atoms with Gasteiger partial charge in [0, 0.05) is 12.1 Å². The number of ether oxygens (including phenoxy) is 2. The van der Waals surface area contributed by atoms with E-state index in [0.717, 1.165) is 0 Å². The molecule has 0 radical (unpaired) electrons. The highest BCUT2D eigenvalue weighted by atomic mass is 127. The van der Waals surface area contributed by atoms with Crippen LogP contribution < -0.4 is 14.9 Å². The number of benzene rings is 2. The Labute approximate surface area is 194 Å². The van der Waals surface area contributed by atoms with Crippen molar-refractivity contribution in [2.24, 2.45) is 5.10 Å². The zero-order valence-corrected chi connectivity index (χ0v) is 18.5. The molecule has 0 bridgehead atoms. The zero-order valence-electron chi connectivity index (χ0n) is 16.3. The molecule has 2 aromatic carbocycles. The van der Waals surface area contributed by atoms with Crippen molar-refractivity contribution in [3.8, 4) is 11.5 Å². The van der Waals surface area contributed by atoms with Crippen molar-refractivity contribution in [1.82, 2.24) is 5.43 Å². The van der Waals surface area contributed by atoms with E-state index < -0.39 is 23.1 Å². The Morgan fingerprint density at radius 3 is 2.24 bits per heavy atom. The lowest BCUT2D eigenvalue weighted by molar-refractivity contribution is -0.384. The van der Waals surface area contributed by atoms with E-state index in [1.54, 1.807) is 22.6 Å².